The minimum Gasteiger partial charge on any atom is -0.352 e. The maximum atomic E-state index is 13.4. The molecular weight excluding hydrogens is 807 g/mol. The first kappa shape index (κ1) is 59.4. The van der Waals surface area contributed by atoms with Gasteiger partial charge in [-0.15, -0.1) is 0 Å². The predicted molar refractivity (Wildman–Crippen MR) is 277 cm³/mol. The second kappa shape index (κ2) is 44.2. The van der Waals surface area contributed by atoms with Gasteiger partial charge in [0.25, 0.3) is 5.91 Å². The van der Waals surface area contributed by atoms with Gasteiger partial charge in [0, 0.05) is 52.9 Å². The number of nitrogens with zero attached hydrogens (tertiary/aromatic N) is 2. The van der Waals surface area contributed by atoms with Crippen molar-refractivity contribution in [2.75, 3.05) is 32.7 Å². The summed E-state index contributed by atoms with van der Waals surface area (Å²) in [5.41, 5.74) is 1.28. The first-order valence-electron chi connectivity index (χ1n) is 26.9. The van der Waals surface area contributed by atoms with Crippen LogP contribution in [0, 0.1) is 10.8 Å². The van der Waals surface area contributed by atoms with Crippen molar-refractivity contribution in [1.82, 2.24) is 16.0 Å². The molecule has 0 bridgehead atoms. The summed E-state index contributed by atoms with van der Waals surface area (Å²) in [4.78, 5) is 56.9. The maximum absolute atomic E-state index is 13.4. The van der Waals surface area contributed by atoms with Crippen LogP contribution in [0.1, 0.15) is 243 Å². The number of unbranched alkanes of at least 4 members (excludes halogenated alkanes) is 24. The van der Waals surface area contributed by atoms with E-state index < -0.39 is 6.04 Å². The highest BCUT2D eigenvalue weighted by atomic mass is 16.3. The van der Waals surface area contributed by atoms with E-state index in [4.69, 9.17) is 0 Å². The van der Waals surface area contributed by atoms with E-state index in [0.29, 0.717) is 43.1 Å². The van der Waals surface area contributed by atoms with Crippen molar-refractivity contribution < 1.29 is 19.1 Å². The number of nitrogens with one attached hydrogen (secondary N) is 3. The van der Waals surface area contributed by atoms with Gasteiger partial charge in [0.15, 0.2) is 12.6 Å². The highest BCUT2D eigenvalue weighted by molar-refractivity contribution is 6.02. The molecule has 0 fully saturated rings. The molecule has 0 saturated carbocycles. The number of amides is 3. The van der Waals surface area contributed by atoms with Gasteiger partial charge in [-0.1, -0.05) is 186 Å². The second-order valence-corrected chi connectivity index (χ2v) is 18.8. The lowest BCUT2D eigenvalue weighted by Crippen LogP contribution is -2.51. The van der Waals surface area contributed by atoms with E-state index in [1.54, 1.807) is 12.3 Å². The second-order valence-electron chi connectivity index (χ2n) is 18.8. The van der Waals surface area contributed by atoms with E-state index in [1.165, 1.54) is 116 Å². The Morgan fingerprint density at radius 1 is 0.600 bits per heavy atom. The summed E-state index contributed by atoms with van der Waals surface area (Å²) in [7, 11) is 0. The minimum atomic E-state index is -0.939. The number of aliphatic imine (C=N–C) groups is 1. The first-order valence-corrected chi connectivity index (χ1v) is 26.9. The Balaban J connectivity index is 2.53. The van der Waals surface area contributed by atoms with Crippen LogP contribution in [0.15, 0.2) is 53.6 Å². The van der Waals surface area contributed by atoms with Crippen LogP contribution in [0.3, 0.4) is 0 Å². The van der Waals surface area contributed by atoms with Crippen LogP contribution in [0.5, 0.6) is 0 Å². The zero-order valence-corrected chi connectivity index (χ0v) is 42.3. The molecule has 1 aromatic carbocycles. The van der Waals surface area contributed by atoms with Crippen molar-refractivity contribution >= 4 is 23.9 Å². The third kappa shape index (κ3) is 37.2. The highest BCUT2D eigenvalue weighted by Gasteiger charge is 2.27. The third-order valence-corrected chi connectivity index (χ3v) is 12.1. The molecule has 3 amide bonds. The van der Waals surface area contributed by atoms with E-state index >= 15 is 0 Å². The van der Waals surface area contributed by atoms with Gasteiger partial charge < -0.3 is 16.0 Å². The van der Waals surface area contributed by atoms with Gasteiger partial charge in [-0.25, -0.2) is 0 Å². The van der Waals surface area contributed by atoms with Gasteiger partial charge in [-0.2, -0.15) is 0 Å². The van der Waals surface area contributed by atoms with Crippen molar-refractivity contribution in [3.63, 3.8) is 0 Å². The monoisotopic (exact) mass is 905 g/mol. The number of nitroso groups, excluding NO2 is 1. The fourth-order valence-electron chi connectivity index (χ4n) is 7.97. The van der Waals surface area contributed by atoms with Crippen molar-refractivity contribution in [3.05, 3.63) is 64.6 Å². The lowest BCUT2D eigenvalue weighted by atomic mass is 10.1. The van der Waals surface area contributed by atoms with E-state index in [2.05, 4.69) is 72.9 Å². The molecule has 65 heavy (non-hydrogen) atoms. The van der Waals surface area contributed by atoms with E-state index in [1.807, 2.05) is 18.2 Å². The van der Waals surface area contributed by atoms with Crippen LogP contribution < -0.4 is 16.0 Å². The van der Waals surface area contributed by atoms with Crippen molar-refractivity contribution in [3.8, 4) is 0 Å². The Kier molecular flexibility index (Phi) is 40.4. The minimum absolute atomic E-state index is 0.0851. The molecule has 0 radical (unpaired) electrons. The molecule has 1 rings (SSSR count). The predicted octanol–water partition coefficient (Wildman–Crippen LogP) is 14.1. The Hall–Kier alpha value is -3.62. The number of hydrogen-bond acceptors (Lipinski definition) is 5. The first-order chi connectivity index (χ1) is 31.8. The molecule has 3 N–H and O–H groups in total. The van der Waals surface area contributed by atoms with E-state index in [0.717, 1.165) is 81.8 Å². The Morgan fingerprint density at radius 3 is 1.66 bits per heavy atom. The van der Waals surface area contributed by atoms with E-state index in [-0.39, 0.29) is 30.8 Å². The zero-order chi connectivity index (χ0) is 47.3. The van der Waals surface area contributed by atoms with Gasteiger partial charge >= 0.3 is 0 Å². The summed E-state index contributed by atoms with van der Waals surface area (Å²) in [5, 5.41) is 8.79. The van der Waals surface area contributed by atoms with Gasteiger partial charge in [0.2, 0.25) is 18.4 Å². The average Bonchev–Trinajstić information content (AvgIpc) is 3.29. The van der Waals surface area contributed by atoms with Crippen LogP contribution in [0.4, 0.5) is 0 Å². The molecule has 0 aliphatic heterocycles. The molecule has 1 aromatic rings. The molecule has 1 unspecified atom stereocenters. The fraction of sp³-hybridized carbons (Fsp3) is 0.750. The summed E-state index contributed by atoms with van der Waals surface area (Å²) in [5.74, 6) is -0.0365. The number of allylic oxidation sites excluding steroid dienone is 4. The summed E-state index contributed by atoms with van der Waals surface area (Å²) in [6, 6.07) is 6.43. The van der Waals surface area contributed by atoms with Crippen LogP contribution >= 0.6 is 0 Å². The van der Waals surface area contributed by atoms with Crippen molar-refractivity contribution in [2.45, 2.75) is 233 Å². The largest absolute Gasteiger partial charge is 0.352 e. The third-order valence-electron chi connectivity index (χ3n) is 12.1. The topological polar surface area (TPSA) is 120 Å². The number of carbonyl (C=O) groups excluding carboxylic acids is 3. The number of carbonyl (C=O) groups is 3. The maximum Gasteiger partial charge on any atom is 0.251 e. The molecule has 0 aliphatic rings. The summed E-state index contributed by atoms with van der Waals surface area (Å²) in [6.45, 7) is 10.4. The molecule has 0 saturated heterocycles. The van der Waals surface area contributed by atoms with Gasteiger partial charge in [0.1, 0.15) is 0 Å². The molecule has 0 spiro atoms. The lowest BCUT2D eigenvalue weighted by molar-refractivity contribution is -0.550. The highest BCUT2D eigenvalue weighted by Crippen LogP contribution is 2.13. The Morgan fingerprint density at radius 2 is 1.11 bits per heavy atom. The van der Waals surface area contributed by atoms with Crippen molar-refractivity contribution in [1.29, 1.82) is 0 Å². The lowest BCUT2D eigenvalue weighted by Gasteiger charge is -2.15. The van der Waals surface area contributed by atoms with Crippen LogP contribution in [0.25, 0.3) is 0 Å². The van der Waals surface area contributed by atoms with Crippen LogP contribution in [-0.4, -0.2) is 67.5 Å². The van der Waals surface area contributed by atoms with E-state index in [9.17, 15) is 19.3 Å². The van der Waals surface area contributed by atoms with Gasteiger partial charge in [-0.05, 0) is 82.6 Å². The molecular formula is C56H98N5O4+. The summed E-state index contributed by atoms with van der Waals surface area (Å²) < 4.78 is 0.936. The Labute approximate surface area is 398 Å². The summed E-state index contributed by atoms with van der Waals surface area (Å²) in [6.07, 6.45) is 46.8. The normalized spacial score (nSPS) is 12.2. The molecule has 9 heteroatoms. The van der Waals surface area contributed by atoms with Gasteiger partial charge in [0.05, 0.1) is 6.54 Å². The molecule has 370 valence electrons. The smallest absolute Gasteiger partial charge is 0.251 e. The average molecular weight is 905 g/mol. The molecule has 0 aliphatic carbocycles. The fourth-order valence-corrected chi connectivity index (χ4v) is 7.97. The van der Waals surface area contributed by atoms with Crippen molar-refractivity contribution in [2.24, 2.45) is 10.9 Å². The van der Waals surface area contributed by atoms with Crippen LogP contribution in [-0.2, 0) is 9.59 Å². The van der Waals surface area contributed by atoms with Gasteiger partial charge in [-0.3, -0.25) is 19.4 Å². The number of benzene rings is 1. The SMILES string of the molecule is CCCCCCCCC=CCCCCCCCC[N+](=O)CC(NC(=O)CCCCCCCC=CCCCCCCCC)C(=O)NCCN=Cc1ccccc1C(=O)NCCCCC(C)C. The molecule has 0 heterocycles. The number of hydrogen-bond donors (Lipinski definition) is 3. The van der Waals surface area contributed by atoms with Crippen LogP contribution in [0.2, 0.25) is 0 Å². The molecule has 9 nitrogen and oxygen atoms in total. The quantitative estimate of drug-likeness (QED) is 0.0261. The summed E-state index contributed by atoms with van der Waals surface area (Å²) >= 11 is 0. The standard InChI is InChI=1S/C56H97N5O4/c1-5-7-9-11-13-15-17-19-21-23-25-27-29-31-33-39-47-61(65)49-53(60-54(62)43-34-32-30-28-26-24-22-20-18-16-14-12-10-8-6-2)56(64)59-46-45-57-48-51-41-35-36-42-52(51)55(63)58-44-38-37-40-50(3)4/h19-22,35-36,41-42,48,50,53H,5-18,23-34,37-40,43-47,49H2,1-4H3,(H2-,58,59,60,62,63,64)/p+1. The Bertz CT molecular complexity index is 1420. The molecule has 0 aromatic heterocycles. The number of rotatable bonds is 45. The molecule has 1 atom stereocenters. The zero-order valence-electron chi connectivity index (χ0n) is 42.3.